The molecule has 1 atom stereocenters. The fourth-order valence-electron chi connectivity index (χ4n) is 5.13. The number of imide groups is 1. The van der Waals surface area contributed by atoms with Gasteiger partial charge in [-0.25, -0.2) is 14.7 Å². The van der Waals surface area contributed by atoms with Gasteiger partial charge in [0.15, 0.2) is 0 Å². The number of aromatic nitrogens is 1. The average molecular weight is 413 g/mol. The van der Waals surface area contributed by atoms with Crippen molar-refractivity contribution in [1.82, 2.24) is 20.1 Å². The van der Waals surface area contributed by atoms with Crippen molar-refractivity contribution in [2.24, 2.45) is 0 Å². The number of nitrogens with zero attached hydrogens (tertiary/aromatic N) is 3. The number of hydrogen-bond donors (Lipinski definition) is 1. The summed E-state index contributed by atoms with van der Waals surface area (Å²) in [7, 11) is 0. The van der Waals surface area contributed by atoms with Crippen LogP contribution in [0.3, 0.4) is 0 Å². The normalized spacial score (nSPS) is 25.5. The number of thiazole rings is 1. The number of hydrogen-bond acceptors (Lipinski definition) is 5. The Balaban J connectivity index is 1.37. The number of carbonyl (C=O) groups is 2. The lowest BCUT2D eigenvalue weighted by molar-refractivity contribution is -0.133. The molecule has 1 saturated carbocycles. The van der Waals surface area contributed by atoms with Crippen LogP contribution in [0.4, 0.5) is 4.79 Å². The van der Waals surface area contributed by atoms with E-state index in [4.69, 9.17) is 4.98 Å². The zero-order valence-electron chi connectivity index (χ0n) is 16.7. The summed E-state index contributed by atoms with van der Waals surface area (Å²) in [5.41, 5.74) is 0.375. The van der Waals surface area contributed by atoms with Crippen molar-refractivity contribution < 1.29 is 9.59 Å². The van der Waals surface area contributed by atoms with Crippen LogP contribution in [0.1, 0.15) is 68.8 Å². The van der Waals surface area contributed by atoms with Gasteiger partial charge in [0.25, 0.3) is 5.91 Å². The fourth-order valence-corrected chi connectivity index (χ4v) is 6.27. The summed E-state index contributed by atoms with van der Waals surface area (Å²) in [6, 6.07) is 8.18. The van der Waals surface area contributed by atoms with E-state index < -0.39 is 5.54 Å². The number of amides is 3. The summed E-state index contributed by atoms with van der Waals surface area (Å²) >= 11 is 1.73. The summed E-state index contributed by atoms with van der Waals surface area (Å²) in [5, 5.41) is 4.17. The van der Waals surface area contributed by atoms with Crippen LogP contribution >= 0.6 is 11.3 Å². The Morgan fingerprint density at radius 3 is 2.66 bits per heavy atom. The van der Waals surface area contributed by atoms with Crippen molar-refractivity contribution in [3.05, 3.63) is 29.3 Å². The maximum atomic E-state index is 13.3. The molecule has 154 valence electrons. The number of nitrogens with one attached hydrogen (secondary N) is 1. The van der Waals surface area contributed by atoms with Gasteiger partial charge >= 0.3 is 6.03 Å². The Bertz CT molecular complexity index is 885. The molecule has 2 aliphatic heterocycles. The molecular weight excluding hydrogens is 384 g/mol. The van der Waals surface area contributed by atoms with Crippen LogP contribution in [-0.2, 0) is 4.79 Å². The van der Waals surface area contributed by atoms with Crippen LogP contribution in [0.5, 0.6) is 0 Å². The molecule has 6 nitrogen and oxygen atoms in total. The van der Waals surface area contributed by atoms with E-state index in [1.54, 1.807) is 11.3 Å². The molecule has 1 spiro atoms. The monoisotopic (exact) mass is 412 g/mol. The van der Waals surface area contributed by atoms with E-state index in [0.29, 0.717) is 6.67 Å². The number of benzene rings is 1. The molecule has 2 aromatic rings. The van der Waals surface area contributed by atoms with Gasteiger partial charge in [-0.3, -0.25) is 9.69 Å². The quantitative estimate of drug-likeness (QED) is 0.758. The SMILES string of the molecule is O=C1NC2(CCCCCC2)C(=O)N1CN1CCCC[C@@H]1c1nc2ccccc2s1. The molecular formula is C22H28N4O2S. The molecule has 1 N–H and O–H groups in total. The predicted molar refractivity (Wildman–Crippen MR) is 114 cm³/mol. The number of carbonyl (C=O) groups excluding carboxylic acids is 2. The van der Waals surface area contributed by atoms with Crippen LogP contribution in [0.2, 0.25) is 0 Å². The molecule has 0 radical (unpaired) electrons. The fraction of sp³-hybridized carbons (Fsp3) is 0.591. The third-order valence-electron chi connectivity index (χ3n) is 6.74. The van der Waals surface area contributed by atoms with Gasteiger partial charge in [-0.2, -0.15) is 0 Å². The van der Waals surface area contributed by atoms with Crippen LogP contribution in [-0.4, -0.2) is 45.5 Å². The van der Waals surface area contributed by atoms with Crippen molar-refractivity contribution >= 4 is 33.5 Å². The topological polar surface area (TPSA) is 65.5 Å². The molecule has 1 aromatic heterocycles. The van der Waals surface area contributed by atoms with Crippen LogP contribution in [0.15, 0.2) is 24.3 Å². The van der Waals surface area contributed by atoms with E-state index in [-0.39, 0.29) is 18.0 Å². The Labute approximate surface area is 175 Å². The van der Waals surface area contributed by atoms with Crippen LogP contribution in [0, 0.1) is 0 Å². The highest BCUT2D eigenvalue weighted by Gasteiger charge is 2.51. The van der Waals surface area contributed by atoms with E-state index >= 15 is 0 Å². The van der Waals surface area contributed by atoms with Gasteiger partial charge in [0.2, 0.25) is 0 Å². The lowest BCUT2D eigenvalue weighted by Gasteiger charge is -2.36. The lowest BCUT2D eigenvalue weighted by atomic mass is 9.90. The maximum Gasteiger partial charge on any atom is 0.326 e. The summed E-state index contributed by atoms with van der Waals surface area (Å²) in [4.78, 5) is 34.7. The molecule has 5 rings (SSSR count). The first-order chi connectivity index (χ1) is 14.2. The first-order valence-corrected chi connectivity index (χ1v) is 11.7. The number of urea groups is 1. The summed E-state index contributed by atoms with van der Waals surface area (Å²) in [6.45, 7) is 1.26. The Hall–Kier alpha value is -1.99. The van der Waals surface area contributed by atoms with Crippen molar-refractivity contribution in [1.29, 1.82) is 0 Å². The summed E-state index contributed by atoms with van der Waals surface area (Å²) in [6.07, 6.45) is 9.14. The minimum Gasteiger partial charge on any atom is -0.323 e. The van der Waals surface area contributed by atoms with Gasteiger partial charge in [0.1, 0.15) is 10.5 Å². The Morgan fingerprint density at radius 1 is 1.07 bits per heavy atom. The molecule has 0 bridgehead atoms. The van der Waals surface area contributed by atoms with Gasteiger partial charge in [-0.15, -0.1) is 11.3 Å². The van der Waals surface area contributed by atoms with E-state index in [2.05, 4.69) is 22.3 Å². The van der Waals surface area contributed by atoms with Crippen LogP contribution < -0.4 is 5.32 Å². The number of likely N-dealkylation sites (tertiary alicyclic amines) is 1. The summed E-state index contributed by atoms with van der Waals surface area (Å²) in [5.74, 6) is -0.0157. The van der Waals surface area contributed by atoms with Gasteiger partial charge in [0.05, 0.1) is 22.9 Å². The average Bonchev–Trinajstić information content (AvgIpc) is 3.15. The molecule has 3 heterocycles. The first kappa shape index (κ1) is 19.0. The zero-order chi connectivity index (χ0) is 19.8. The molecule has 0 unspecified atom stereocenters. The third kappa shape index (κ3) is 3.44. The minimum atomic E-state index is -0.658. The van der Waals surface area contributed by atoms with Gasteiger partial charge < -0.3 is 5.32 Å². The molecule has 2 saturated heterocycles. The van der Waals surface area contributed by atoms with Gasteiger partial charge in [-0.05, 0) is 37.8 Å². The highest BCUT2D eigenvalue weighted by atomic mass is 32.1. The number of para-hydroxylation sites is 1. The van der Waals surface area contributed by atoms with Gasteiger partial charge in [-0.1, -0.05) is 44.2 Å². The zero-order valence-corrected chi connectivity index (χ0v) is 17.5. The van der Waals surface area contributed by atoms with E-state index in [1.807, 2.05) is 12.1 Å². The number of fused-ring (bicyclic) bond motifs is 1. The largest absolute Gasteiger partial charge is 0.326 e. The third-order valence-corrected chi connectivity index (χ3v) is 7.87. The van der Waals surface area contributed by atoms with Crippen molar-refractivity contribution in [2.75, 3.05) is 13.2 Å². The highest BCUT2D eigenvalue weighted by molar-refractivity contribution is 7.18. The Morgan fingerprint density at radius 2 is 1.86 bits per heavy atom. The minimum absolute atomic E-state index is 0.0157. The van der Waals surface area contributed by atoms with Crippen molar-refractivity contribution in [3.8, 4) is 0 Å². The van der Waals surface area contributed by atoms with Crippen molar-refractivity contribution in [2.45, 2.75) is 69.4 Å². The van der Waals surface area contributed by atoms with E-state index in [9.17, 15) is 9.59 Å². The smallest absolute Gasteiger partial charge is 0.323 e. The first-order valence-electron chi connectivity index (χ1n) is 10.9. The molecule has 1 aromatic carbocycles. The second-order valence-corrected chi connectivity index (χ2v) is 9.71. The second-order valence-electron chi connectivity index (χ2n) is 8.64. The number of rotatable bonds is 3. The van der Waals surface area contributed by atoms with E-state index in [1.165, 1.54) is 9.60 Å². The number of piperidine rings is 1. The predicted octanol–water partition coefficient (Wildman–Crippen LogP) is 4.43. The molecule has 3 aliphatic rings. The molecule has 29 heavy (non-hydrogen) atoms. The van der Waals surface area contributed by atoms with Gasteiger partial charge in [0, 0.05) is 6.54 Å². The van der Waals surface area contributed by atoms with Crippen LogP contribution in [0.25, 0.3) is 10.2 Å². The van der Waals surface area contributed by atoms with E-state index in [0.717, 1.165) is 74.9 Å². The second kappa shape index (κ2) is 7.69. The maximum absolute atomic E-state index is 13.3. The molecule has 3 amide bonds. The summed E-state index contributed by atoms with van der Waals surface area (Å²) < 4.78 is 1.19. The molecule has 7 heteroatoms. The molecule has 1 aliphatic carbocycles. The van der Waals surface area contributed by atoms with Crippen molar-refractivity contribution in [3.63, 3.8) is 0 Å². The standard InChI is InChI=1S/C22H28N4O2S/c27-20-22(12-6-1-2-7-13-22)24-21(28)26(20)15-25-14-8-5-10-17(25)19-23-16-9-3-4-11-18(16)29-19/h3-4,9,11,17H,1-2,5-8,10,12-15H2,(H,24,28)/t17-/m1/s1. The Kier molecular flexibility index (Phi) is 5.04. The lowest BCUT2D eigenvalue weighted by Crippen LogP contribution is -2.48. The molecule has 3 fully saturated rings. The highest BCUT2D eigenvalue weighted by Crippen LogP contribution is 2.37.